The van der Waals surface area contributed by atoms with Crippen molar-refractivity contribution in [1.29, 1.82) is 0 Å². The Kier molecular flexibility index (Phi) is 6.46. The molecule has 10 heteroatoms. The highest BCUT2D eigenvalue weighted by atomic mass is 19.4. The van der Waals surface area contributed by atoms with Gasteiger partial charge in [-0.1, -0.05) is 43.3 Å². The van der Waals surface area contributed by atoms with E-state index < -0.39 is 30.0 Å². The van der Waals surface area contributed by atoms with Crippen molar-refractivity contribution in [2.75, 3.05) is 0 Å². The van der Waals surface area contributed by atoms with Gasteiger partial charge in [0.05, 0.1) is 5.56 Å². The van der Waals surface area contributed by atoms with E-state index in [1.807, 2.05) is 0 Å². The summed E-state index contributed by atoms with van der Waals surface area (Å²) < 4.78 is 82.5. The van der Waals surface area contributed by atoms with Gasteiger partial charge in [0.15, 0.2) is 0 Å². The maximum atomic E-state index is 13.3. The molecule has 1 unspecified atom stereocenters. The van der Waals surface area contributed by atoms with Crippen LogP contribution >= 0.6 is 0 Å². The molecule has 4 nitrogen and oxygen atoms in total. The first-order valence-corrected chi connectivity index (χ1v) is 10.7. The fourth-order valence-corrected chi connectivity index (χ4v) is 4.14. The Bertz CT molecular complexity index is 1400. The van der Waals surface area contributed by atoms with Crippen LogP contribution in [0.5, 0.6) is 5.75 Å². The number of aromatic nitrogens is 1. The van der Waals surface area contributed by atoms with E-state index in [2.05, 4.69) is 4.74 Å². The molecule has 3 aromatic carbocycles. The first-order valence-electron chi connectivity index (χ1n) is 10.7. The molecule has 0 aliphatic rings. The number of hydrogen-bond donors (Lipinski definition) is 1. The fraction of sp³-hybridized carbons (Fsp3) is 0.192. The lowest BCUT2D eigenvalue weighted by atomic mass is 9.91. The standard InChI is InChI=1S/C26H19F6NO3/c1-15(17-3-2-4-19(11-17)25(27,28)29)22-13-33(14-24(34)35)23-10-7-18(12-21(22)23)16-5-8-20(9-6-16)36-26(30,31)32/h2-13,15H,14H2,1H3,(H,34,35). The van der Waals surface area contributed by atoms with Crippen LogP contribution in [-0.4, -0.2) is 22.0 Å². The van der Waals surface area contributed by atoms with E-state index in [9.17, 15) is 36.2 Å². The molecule has 0 saturated heterocycles. The Morgan fingerprint density at radius 2 is 1.61 bits per heavy atom. The van der Waals surface area contributed by atoms with Gasteiger partial charge in [-0.25, -0.2) is 0 Å². The molecule has 0 spiro atoms. The van der Waals surface area contributed by atoms with Crippen LogP contribution in [0.25, 0.3) is 22.0 Å². The highest BCUT2D eigenvalue weighted by Crippen LogP contribution is 2.37. The smallest absolute Gasteiger partial charge is 0.480 e. The molecule has 1 heterocycles. The summed E-state index contributed by atoms with van der Waals surface area (Å²) in [5.74, 6) is -1.98. The van der Waals surface area contributed by atoms with E-state index in [0.717, 1.165) is 12.1 Å². The zero-order valence-electron chi connectivity index (χ0n) is 18.7. The number of fused-ring (bicyclic) bond motifs is 1. The first kappa shape index (κ1) is 25.2. The maximum Gasteiger partial charge on any atom is 0.573 e. The van der Waals surface area contributed by atoms with Gasteiger partial charge in [0.25, 0.3) is 0 Å². The Morgan fingerprint density at radius 1 is 0.944 bits per heavy atom. The lowest BCUT2D eigenvalue weighted by molar-refractivity contribution is -0.274. The number of carboxylic acids is 1. The number of rotatable bonds is 6. The largest absolute Gasteiger partial charge is 0.573 e. The minimum absolute atomic E-state index is 0.353. The van der Waals surface area contributed by atoms with Crippen LogP contribution in [0.15, 0.2) is 72.9 Å². The number of hydrogen-bond acceptors (Lipinski definition) is 2. The number of carbonyl (C=O) groups is 1. The zero-order chi connectivity index (χ0) is 26.3. The Balaban J connectivity index is 1.78. The summed E-state index contributed by atoms with van der Waals surface area (Å²) in [6.45, 7) is 1.37. The van der Waals surface area contributed by atoms with Crippen molar-refractivity contribution in [3.05, 3.63) is 89.6 Å². The van der Waals surface area contributed by atoms with Crippen LogP contribution in [0.2, 0.25) is 0 Å². The molecule has 4 aromatic rings. The molecular weight excluding hydrogens is 488 g/mol. The van der Waals surface area contributed by atoms with Gasteiger partial charge in [-0.05, 0) is 52.6 Å². The highest BCUT2D eigenvalue weighted by molar-refractivity contribution is 5.90. The van der Waals surface area contributed by atoms with Crippen molar-refractivity contribution in [2.24, 2.45) is 0 Å². The van der Waals surface area contributed by atoms with Gasteiger partial charge in [0, 0.05) is 23.0 Å². The molecule has 1 aromatic heterocycles. The molecule has 0 saturated carbocycles. The van der Waals surface area contributed by atoms with Gasteiger partial charge in [-0.3, -0.25) is 4.79 Å². The molecule has 0 aliphatic heterocycles. The molecule has 0 amide bonds. The van der Waals surface area contributed by atoms with Crippen molar-refractivity contribution < 1.29 is 41.0 Å². The Labute approximate surface area is 201 Å². The molecule has 4 rings (SSSR count). The number of benzene rings is 3. The van der Waals surface area contributed by atoms with Crippen LogP contribution in [-0.2, 0) is 17.5 Å². The summed E-state index contributed by atoms with van der Waals surface area (Å²) in [5.41, 5.74) is 2.00. The van der Waals surface area contributed by atoms with Gasteiger partial charge >= 0.3 is 18.5 Å². The second-order valence-electron chi connectivity index (χ2n) is 8.26. The molecule has 0 fully saturated rings. The number of halogens is 6. The van der Waals surface area contributed by atoms with E-state index >= 15 is 0 Å². The van der Waals surface area contributed by atoms with Crippen LogP contribution in [0.3, 0.4) is 0 Å². The SMILES string of the molecule is CC(c1cccc(C(F)(F)F)c1)c1cn(CC(=O)O)c2ccc(-c3ccc(OC(F)(F)F)cc3)cc12. The predicted octanol–water partition coefficient (Wildman–Crippen LogP) is 7.46. The zero-order valence-corrected chi connectivity index (χ0v) is 18.7. The monoisotopic (exact) mass is 507 g/mol. The van der Waals surface area contributed by atoms with Crippen molar-refractivity contribution in [1.82, 2.24) is 4.57 Å². The Morgan fingerprint density at radius 3 is 2.22 bits per heavy atom. The van der Waals surface area contributed by atoms with Crippen LogP contribution in [0, 0.1) is 0 Å². The van der Waals surface area contributed by atoms with Crippen molar-refractivity contribution in [2.45, 2.75) is 31.9 Å². The molecule has 1 N–H and O–H groups in total. The molecule has 0 bridgehead atoms. The number of nitrogens with zero attached hydrogens (tertiary/aromatic N) is 1. The van der Waals surface area contributed by atoms with Gasteiger partial charge in [-0.15, -0.1) is 13.2 Å². The van der Waals surface area contributed by atoms with Crippen LogP contribution in [0.1, 0.15) is 29.5 Å². The quantitative estimate of drug-likeness (QED) is 0.276. The third-order valence-corrected chi connectivity index (χ3v) is 5.82. The lowest BCUT2D eigenvalue weighted by Crippen LogP contribution is -2.16. The van der Waals surface area contributed by atoms with E-state index in [1.54, 1.807) is 37.4 Å². The molecule has 36 heavy (non-hydrogen) atoms. The summed E-state index contributed by atoms with van der Waals surface area (Å²) in [4.78, 5) is 11.4. The average molecular weight is 507 g/mol. The first-order chi connectivity index (χ1) is 16.8. The van der Waals surface area contributed by atoms with E-state index in [0.29, 0.717) is 33.2 Å². The van der Waals surface area contributed by atoms with E-state index in [4.69, 9.17) is 0 Å². The number of aliphatic carboxylic acids is 1. The molecule has 0 aliphatic carbocycles. The molecule has 0 radical (unpaired) electrons. The Hall–Kier alpha value is -3.95. The fourth-order valence-electron chi connectivity index (χ4n) is 4.14. The second kappa shape index (κ2) is 9.25. The topological polar surface area (TPSA) is 51.5 Å². The average Bonchev–Trinajstić information content (AvgIpc) is 3.14. The minimum Gasteiger partial charge on any atom is -0.480 e. The second-order valence-corrected chi connectivity index (χ2v) is 8.26. The summed E-state index contributed by atoms with van der Waals surface area (Å²) >= 11 is 0. The molecule has 188 valence electrons. The van der Waals surface area contributed by atoms with E-state index in [1.165, 1.54) is 34.9 Å². The predicted molar refractivity (Wildman–Crippen MR) is 121 cm³/mol. The summed E-state index contributed by atoms with van der Waals surface area (Å²) in [6.07, 6.45) is -7.72. The normalized spacial score (nSPS) is 13.1. The van der Waals surface area contributed by atoms with Gasteiger partial charge < -0.3 is 14.4 Å². The summed E-state index contributed by atoms with van der Waals surface area (Å²) in [6, 6.07) is 15.3. The summed E-state index contributed by atoms with van der Waals surface area (Å²) in [5, 5.41) is 9.94. The molecule has 1 atom stereocenters. The van der Waals surface area contributed by atoms with Gasteiger partial charge in [-0.2, -0.15) is 13.2 Å². The maximum absolute atomic E-state index is 13.3. The third-order valence-electron chi connectivity index (χ3n) is 5.82. The number of ether oxygens (including phenoxy) is 1. The summed E-state index contributed by atoms with van der Waals surface area (Å²) in [7, 11) is 0. The third kappa shape index (κ3) is 5.48. The van der Waals surface area contributed by atoms with Crippen molar-refractivity contribution >= 4 is 16.9 Å². The van der Waals surface area contributed by atoms with Crippen LogP contribution in [0.4, 0.5) is 26.3 Å². The number of carboxylic acid groups (broad SMARTS) is 1. The van der Waals surface area contributed by atoms with Crippen molar-refractivity contribution in [3.8, 4) is 16.9 Å². The highest BCUT2D eigenvalue weighted by Gasteiger charge is 2.32. The minimum atomic E-state index is -4.82. The lowest BCUT2D eigenvalue weighted by Gasteiger charge is -2.15. The van der Waals surface area contributed by atoms with Gasteiger partial charge in [0.2, 0.25) is 0 Å². The van der Waals surface area contributed by atoms with Gasteiger partial charge in [0.1, 0.15) is 12.3 Å². The van der Waals surface area contributed by atoms with Crippen LogP contribution < -0.4 is 4.74 Å². The van der Waals surface area contributed by atoms with E-state index in [-0.39, 0.29) is 12.3 Å². The molecular formula is C26H19F6NO3. The van der Waals surface area contributed by atoms with Crippen molar-refractivity contribution in [3.63, 3.8) is 0 Å². The number of alkyl halides is 6.